The molecule has 1 rings (SSSR count). The number of ether oxygens (including phenoxy) is 1. The van der Waals surface area contributed by atoms with Gasteiger partial charge in [0, 0.05) is 0 Å². The molecule has 0 aliphatic carbocycles. The average Bonchev–Trinajstić information content (AvgIpc) is 2.17. The van der Waals surface area contributed by atoms with Crippen molar-refractivity contribution in [2.45, 2.75) is 5.38 Å². The summed E-state index contributed by atoms with van der Waals surface area (Å²) in [5.41, 5.74) is 0.785. The molecule has 64 valence electrons. The van der Waals surface area contributed by atoms with Crippen LogP contribution in [-0.2, 0) is 4.79 Å². The Labute approximate surface area is 76.1 Å². The van der Waals surface area contributed by atoms with E-state index in [2.05, 4.69) is 0 Å². The minimum atomic E-state index is -0.559. The van der Waals surface area contributed by atoms with E-state index in [1.807, 2.05) is 0 Å². The van der Waals surface area contributed by atoms with Gasteiger partial charge >= 0.3 is 0 Å². The normalized spacial score (nSPS) is 12.2. The van der Waals surface area contributed by atoms with Crippen LogP contribution in [0.2, 0.25) is 0 Å². The highest BCUT2D eigenvalue weighted by molar-refractivity contribution is 6.27. The van der Waals surface area contributed by atoms with Crippen molar-refractivity contribution in [3.05, 3.63) is 29.8 Å². The van der Waals surface area contributed by atoms with Gasteiger partial charge in [-0.2, -0.15) is 0 Å². The zero-order chi connectivity index (χ0) is 8.97. The molecule has 0 N–H and O–H groups in total. The maximum absolute atomic E-state index is 10.3. The topological polar surface area (TPSA) is 26.3 Å². The minimum Gasteiger partial charge on any atom is -0.497 e. The van der Waals surface area contributed by atoms with E-state index < -0.39 is 5.38 Å². The Morgan fingerprint density at radius 2 is 2.00 bits per heavy atom. The van der Waals surface area contributed by atoms with Crippen molar-refractivity contribution in [2.24, 2.45) is 0 Å². The summed E-state index contributed by atoms with van der Waals surface area (Å²) in [6.07, 6.45) is 0.698. The number of methoxy groups -OCH3 is 1. The van der Waals surface area contributed by atoms with E-state index in [4.69, 9.17) is 16.3 Å². The number of carbonyl (C=O) groups is 1. The minimum absolute atomic E-state index is 0.559. The molecule has 12 heavy (non-hydrogen) atoms. The van der Waals surface area contributed by atoms with E-state index in [0.717, 1.165) is 11.3 Å². The number of carbonyl (C=O) groups excluding carboxylic acids is 1. The summed E-state index contributed by atoms with van der Waals surface area (Å²) in [5.74, 6) is 0.758. The highest BCUT2D eigenvalue weighted by Gasteiger charge is 2.04. The summed E-state index contributed by atoms with van der Waals surface area (Å²) >= 11 is 5.68. The Balaban J connectivity index is 2.84. The molecular weight excluding hydrogens is 176 g/mol. The molecule has 0 radical (unpaired) electrons. The standard InChI is InChI=1S/C9H9ClO2/c1-12-8-4-2-7(3-5-8)9(10)6-11/h2-6,9H,1H3/t9-/m1/s1. The molecule has 0 aromatic heterocycles. The van der Waals surface area contributed by atoms with Crippen LogP contribution in [0.5, 0.6) is 5.75 Å². The number of hydrogen-bond acceptors (Lipinski definition) is 2. The Morgan fingerprint density at radius 3 is 2.42 bits per heavy atom. The van der Waals surface area contributed by atoms with Crippen molar-refractivity contribution in [2.75, 3.05) is 7.11 Å². The molecule has 0 aliphatic rings. The molecule has 0 saturated heterocycles. The molecule has 3 heteroatoms. The van der Waals surface area contributed by atoms with Gasteiger partial charge in [0.2, 0.25) is 0 Å². The smallest absolute Gasteiger partial charge is 0.142 e. The maximum Gasteiger partial charge on any atom is 0.142 e. The molecule has 0 fully saturated rings. The monoisotopic (exact) mass is 184 g/mol. The first-order valence-electron chi connectivity index (χ1n) is 3.51. The number of alkyl halides is 1. The Morgan fingerprint density at radius 1 is 1.42 bits per heavy atom. The fourth-order valence-electron chi connectivity index (χ4n) is 0.866. The number of halogens is 1. The largest absolute Gasteiger partial charge is 0.497 e. The number of benzene rings is 1. The van der Waals surface area contributed by atoms with E-state index in [1.165, 1.54) is 0 Å². The van der Waals surface area contributed by atoms with Crippen molar-refractivity contribution in [3.63, 3.8) is 0 Å². The van der Waals surface area contributed by atoms with Crippen LogP contribution in [-0.4, -0.2) is 13.4 Å². The van der Waals surface area contributed by atoms with Crippen LogP contribution in [0.3, 0.4) is 0 Å². The summed E-state index contributed by atoms with van der Waals surface area (Å²) in [5, 5.41) is -0.559. The van der Waals surface area contributed by atoms with Gasteiger partial charge in [0.1, 0.15) is 17.4 Å². The third-order valence-electron chi connectivity index (χ3n) is 1.55. The lowest BCUT2D eigenvalue weighted by Gasteiger charge is -2.03. The zero-order valence-corrected chi connectivity index (χ0v) is 7.41. The van der Waals surface area contributed by atoms with Gasteiger partial charge in [-0.1, -0.05) is 12.1 Å². The van der Waals surface area contributed by atoms with E-state index >= 15 is 0 Å². The van der Waals surface area contributed by atoms with Gasteiger partial charge in [-0.25, -0.2) is 0 Å². The van der Waals surface area contributed by atoms with Crippen molar-refractivity contribution in [1.29, 1.82) is 0 Å². The lowest BCUT2D eigenvalue weighted by molar-refractivity contribution is -0.107. The number of rotatable bonds is 3. The van der Waals surface area contributed by atoms with Crippen LogP contribution in [0.25, 0.3) is 0 Å². The van der Waals surface area contributed by atoms with Gasteiger partial charge in [0.25, 0.3) is 0 Å². The molecule has 0 unspecified atom stereocenters. The predicted molar refractivity (Wildman–Crippen MR) is 47.7 cm³/mol. The van der Waals surface area contributed by atoms with E-state index in [1.54, 1.807) is 31.4 Å². The molecule has 0 saturated carbocycles. The molecule has 0 spiro atoms. The highest BCUT2D eigenvalue weighted by Crippen LogP contribution is 2.20. The summed E-state index contributed by atoms with van der Waals surface area (Å²) in [7, 11) is 1.59. The van der Waals surface area contributed by atoms with E-state index in [0.29, 0.717) is 6.29 Å². The molecule has 0 aliphatic heterocycles. The summed E-state index contributed by atoms with van der Waals surface area (Å²) in [4.78, 5) is 10.3. The SMILES string of the molecule is COc1ccc([C@H](Cl)C=O)cc1. The van der Waals surface area contributed by atoms with Crippen molar-refractivity contribution in [3.8, 4) is 5.75 Å². The summed E-state index contributed by atoms with van der Waals surface area (Å²) in [6, 6.07) is 7.08. The number of aldehydes is 1. The van der Waals surface area contributed by atoms with E-state index in [-0.39, 0.29) is 0 Å². The van der Waals surface area contributed by atoms with E-state index in [9.17, 15) is 4.79 Å². The summed E-state index contributed by atoms with van der Waals surface area (Å²) in [6.45, 7) is 0. The fourth-order valence-corrected chi connectivity index (χ4v) is 1.01. The molecule has 1 aromatic carbocycles. The van der Waals surface area contributed by atoms with Crippen LogP contribution in [0, 0.1) is 0 Å². The second kappa shape index (κ2) is 4.12. The average molecular weight is 185 g/mol. The molecular formula is C9H9ClO2. The lowest BCUT2D eigenvalue weighted by Crippen LogP contribution is -1.91. The first-order chi connectivity index (χ1) is 5.77. The Bertz CT molecular complexity index is 256. The number of hydrogen-bond donors (Lipinski definition) is 0. The van der Waals surface area contributed by atoms with Gasteiger partial charge < -0.3 is 9.53 Å². The second-order valence-corrected chi connectivity index (χ2v) is 2.78. The van der Waals surface area contributed by atoms with Crippen LogP contribution in [0.15, 0.2) is 24.3 Å². The first-order valence-corrected chi connectivity index (χ1v) is 3.95. The second-order valence-electron chi connectivity index (χ2n) is 2.31. The Hall–Kier alpha value is -1.02. The van der Waals surface area contributed by atoms with Gasteiger partial charge in [-0.15, -0.1) is 11.6 Å². The van der Waals surface area contributed by atoms with Gasteiger partial charge in [0.05, 0.1) is 7.11 Å². The lowest BCUT2D eigenvalue weighted by atomic mass is 10.1. The van der Waals surface area contributed by atoms with Crippen molar-refractivity contribution < 1.29 is 9.53 Å². The highest BCUT2D eigenvalue weighted by atomic mass is 35.5. The quantitative estimate of drug-likeness (QED) is 0.532. The van der Waals surface area contributed by atoms with Crippen molar-refractivity contribution >= 4 is 17.9 Å². The van der Waals surface area contributed by atoms with Gasteiger partial charge in [-0.3, -0.25) is 0 Å². The Kier molecular flexibility index (Phi) is 3.11. The molecule has 0 amide bonds. The van der Waals surface area contributed by atoms with Crippen LogP contribution >= 0.6 is 11.6 Å². The third kappa shape index (κ3) is 1.98. The van der Waals surface area contributed by atoms with Crippen molar-refractivity contribution in [1.82, 2.24) is 0 Å². The summed E-state index contributed by atoms with van der Waals surface area (Å²) < 4.78 is 4.95. The maximum atomic E-state index is 10.3. The van der Waals surface area contributed by atoms with Crippen LogP contribution in [0.1, 0.15) is 10.9 Å². The fraction of sp³-hybridized carbons (Fsp3) is 0.222. The van der Waals surface area contributed by atoms with Crippen LogP contribution < -0.4 is 4.74 Å². The zero-order valence-electron chi connectivity index (χ0n) is 6.66. The van der Waals surface area contributed by atoms with Crippen LogP contribution in [0.4, 0.5) is 0 Å². The molecule has 1 atom stereocenters. The third-order valence-corrected chi connectivity index (χ3v) is 1.91. The molecule has 1 aromatic rings. The molecule has 0 bridgehead atoms. The molecule has 2 nitrogen and oxygen atoms in total. The first kappa shape index (κ1) is 9.07. The van der Waals surface area contributed by atoms with Gasteiger partial charge in [-0.05, 0) is 17.7 Å². The van der Waals surface area contributed by atoms with Gasteiger partial charge in [0.15, 0.2) is 0 Å². The molecule has 0 heterocycles. The predicted octanol–water partition coefficient (Wildman–Crippen LogP) is 2.17.